The molecule has 3 rings (SSSR count). The first kappa shape index (κ1) is 18.6. The Morgan fingerprint density at radius 3 is 2.67 bits per heavy atom. The van der Waals surface area contributed by atoms with Crippen LogP contribution in [0.2, 0.25) is 0 Å². The maximum Gasteiger partial charge on any atom is 0.269 e. The maximum absolute atomic E-state index is 12.4. The van der Waals surface area contributed by atoms with E-state index in [1.165, 1.54) is 12.1 Å². The van der Waals surface area contributed by atoms with Crippen molar-refractivity contribution in [2.24, 2.45) is 5.92 Å². The quantitative estimate of drug-likeness (QED) is 0.434. The van der Waals surface area contributed by atoms with Gasteiger partial charge in [-0.2, -0.15) is 0 Å². The number of nitro groups is 1. The minimum Gasteiger partial charge on any atom is -0.383 e. The molecule has 1 fully saturated rings. The summed E-state index contributed by atoms with van der Waals surface area (Å²) < 4.78 is 0. The lowest BCUT2D eigenvalue weighted by Gasteiger charge is -2.31. The van der Waals surface area contributed by atoms with Gasteiger partial charge in [0.25, 0.3) is 5.69 Å². The smallest absolute Gasteiger partial charge is 0.269 e. The Kier molecular flexibility index (Phi) is 6.14. The zero-order chi connectivity index (χ0) is 19.1. The summed E-state index contributed by atoms with van der Waals surface area (Å²) in [5.41, 5.74) is 0.831. The summed E-state index contributed by atoms with van der Waals surface area (Å²) in [6.07, 6.45) is 5.19. The van der Waals surface area contributed by atoms with Crippen LogP contribution in [0, 0.1) is 16.0 Å². The van der Waals surface area contributed by atoms with Crippen LogP contribution in [0.5, 0.6) is 0 Å². The normalized spacial score (nSPS) is 16.6. The van der Waals surface area contributed by atoms with E-state index in [9.17, 15) is 14.9 Å². The molecule has 142 valence electrons. The summed E-state index contributed by atoms with van der Waals surface area (Å²) >= 11 is 0. The number of hydrogen-bond acceptors (Lipinski definition) is 7. The van der Waals surface area contributed by atoms with Crippen LogP contribution in [0.1, 0.15) is 12.8 Å². The average Bonchev–Trinajstić information content (AvgIpc) is 2.72. The fourth-order valence-corrected chi connectivity index (χ4v) is 3.07. The van der Waals surface area contributed by atoms with Crippen molar-refractivity contribution in [1.29, 1.82) is 0 Å². The number of piperidine rings is 1. The molecule has 2 aromatic rings. The van der Waals surface area contributed by atoms with E-state index in [1.54, 1.807) is 30.6 Å². The van der Waals surface area contributed by atoms with Crippen molar-refractivity contribution < 1.29 is 9.72 Å². The Bertz CT molecular complexity index is 768. The van der Waals surface area contributed by atoms with Crippen LogP contribution >= 0.6 is 0 Å². The predicted octanol–water partition coefficient (Wildman–Crippen LogP) is 1.83. The van der Waals surface area contributed by atoms with Crippen LogP contribution in [0.15, 0.2) is 42.7 Å². The number of nitrogens with one attached hydrogen (secondary N) is 2. The summed E-state index contributed by atoms with van der Waals surface area (Å²) in [4.78, 5) is 33.2. The Morgan fingerprint density at radius 2 is 1.96 bits per heavy atom. The minimum absolute atomic E-state index is 0.0288. The van der Waals surface area contributed by atoms with Crippen LogP contribution in [0.4, 0.5) is 17.3 Å². The number of aromatic nitrogens is 2. The molecule has 0 radical (unpaired) electrons. The molecule has 1 aromatic carbocycles. The fourth-order valence-electron chi connectivity index (χ4n) is 3.07. The summed E-state index contributed by atoms with van der Waals surface area (Å²) in [6, 6.07) is 7.97. The standard InChI is InChI=1S/C18H22N6O3/c25-17(14-3-1-12-23(13-14)18-21-8-2-9-22-18)20-11-10-19-15-4-6-16(7-5-15)24(26)27/h2,4-9,14,19H,1,3,10-13H2,(H,20,25). The molecule has 1 aliphatic heterocycles. The second-order valence-corrected chi connectivity index (χ2v) is 6.36. The molecule has 0 bridgehead atoms. The van der Waals surface area contributed by atoms with Gasteiger partial charge in [-0.1, -0.05) is 0 Å². The second kappa shape index (κ2) is 8.93. The highest BCUT2D eigenvalue weighted by Crippen LogP contribution is 2.20. The molecule has 1 saturated heterocycles. The van der Waals surface area contributed by atoms with Gasteiger partial charge in [-0.05, 0) is 31.0 Å². The molecule has 2 heterocycles. The van der Waals surface area contributed by atoms with Crippen molar-refractivity contribution in [2.75, 3.05) is 36.4 Å². The van der Waals surface area contributed by atoms with Crippen LogP contribution in [-0.4, -0.2) is 47.0 Å². The van der Waals surface area contributed by atoms with E-state index in [-0.39, 0.29) is 17.5 Å². The summed E-state index contributed by atoms with van der Waals surface area (Å²) in [6.45, 7) is 2.50. The van der Waals surface area contributed by atoms with Gasteiger partial charge in [0.15, 0.2) is 0 Å². The molecule has 9 heteroatoms. The zero-order valence-electron chi connectivity index (χ0n) is 14.9. The van der Waals surface area contributed by atoms with Crippen LogP contribution in [-0.2, 0) is 4.79 Å². The first-order chi connectivity index (χ1) is 13.1. The number of amides is 1. The number of non-ortho nitro benzene ring substituents is 1. The number of nitrogens with zero attached hydrogens (tertiary/aromatic N) is 4. The number of hydrogen-bond donors (Lipinski definition) is 2. The van der Waals surface area contributed by atoms with Crippen molar-refractivity contribution in [3.8, 4) is 0 Å². The first-order valence-corrected chi connectivity index (χ1v) is 8.91. The minimum atomic E-state index is -0.433. The van der Waals surface area contributed by atoms with Crippen LogP contribution < -0.4 is 15.5 Å². The predicted molar refractivity (Wildman–Crippen MR) is 102 cm³/mol. The Hall–Kier alpha value is -3.23. The molecular weight excluding hydrogens is 348 g/mol. The van der Waals surface area contributed by atoms with E-state index < -0.39 is 4.92 Å². The summed E-state index contributed by atoms with van der Waals surface area (Å²) in [7, 11) is 0. The first-order valence-electron chi connectivity index (χ1n) is 8.91. The van der Waals surface area contributed by atoms with Crippen molar-refractivity contribution in [2.45, 2.75) is 12.8 Å². The molecule has 1 unspecified atom stereocenters. The molecule has 1 aromatic heterocycles. The van der Waals surface area contributed by atoms with Crippen molar-refractivity contribution in [3.05, 3.63) is 52.8 Å². The molecule has 0 saturated carbocycles. The van der Waals surface area contributed by atoms with Gasteiger partial charge in [0.1, 0.15) is 0 Å². The summed E-state index contributed by atoms with van der Waals surface area (Å²) in [5, 5.41) is 16.7. The highest BCUT2D eigenvalue weighted by Gasteiger charge is 2.26. The Morgan fingerprint density at radius 1 is 1.22 bits per heavy atom. The zero-order valence-corrected chi connectivity index (χ0v) is 14.9. The van der Waals surface area contributed by atoms with Gasteiger partial charge in [0.2, 0.25) is 11.9 Å². The van der Waals surface area contributed by atoms with E-state index in [1.807, 2.05) is 4.90 Å². The number of anilines is 2. The van der Waals surface area contributed by atoms with Crippen LogP contribution in [0.25, 0.3) is 0 Å². The lowest BCUT2D eigenvalue weighted by atomic mass is 9.97. The van der Waals surface area contributed by atoms with E-state index in [0.29, 0.717) is 25.6 Å². The third kappa shape index (κ3) is 5.13. The SMILES string of the molecule is O=C(NCCNc1ccc([N+](=O)[O-])cc1)C1CCCN(c2ncccn2)C1. The largest absolute Gasteiger partial charge is 0.383 e. The van der Waals surface area contributed by atoms with Crippen molar-refractivity contribution in [3.63, 3.8) is 0 Å². The molecule has 1 atom stereocenters. The third-order valence-corrected chi connectivity index (χ3v) is 4.46. The fraction of sp³-hybridized carbons (Fsp3) is 0.389. The van der Waals surface area contributed by atoms with Gasteiger partial charge in [0.05, 0.1) is 10.8 Å². The van der Waals surface area contributed by atoms with Gasteiger partial charge in [-0.3, -0.25) is 14.9 Å². The Balaban J connectivity index is 1.41. The van der Waals surface area contributed by atoms with Crippen molar-refractivity contribution in [1.82, 2.24) is 15.3 Å². The van der Waals surface area contributed by atoms with E-state index in [4.69, 9.17) is 0 Å². The third-order valence-electron chi connectivity index (χ3n) is 4.46. The maximum atomic E-state index is 12.4. The Labute approximate surface area is 157 Å². The van der Waals surface area contributed by atoms with Gasteiger partial charge < -0.3 is 15.5 Å². The number of rotatable bonds is 7. The molecule has 9 nitrogen and oxygen atoms in total. The topological polar surface area (TPSA) is 113 Å². The van der Waals surface area contributed by atoms with Crippen molar-refractivity contribution >= 4 is 23.2 Å². The molecule has 1 amide bonds. The number of carbonyl (C=O) groups is 1. The number of carbonyl (C=O) groups excluding carboxylic acids is 1. The van der Waals surface area contributed by atoms with Crippen LogP contribution in [0.3, 0.4) is 0 Å². The molecule has 27 heavy (non-hydrogen) atoms. The summed E-state index contributed by atoms with van der Waals surface area (Å²) in [5.74, 6) is 0.609. The van der Waals surface area contributed by atoms with E-state index in [0.717, 1.165) is 25.1 Å². The van der Waals surface area contributed by atoms with E-state index in [2.05, 4.69) is 20.6 Å². The highest BCUT2D eigenvalue weighted by atomic mass is 16.6. The highest BCUT2D eigenvalue weighted by molar-refractivity contribution is 5.79. The molecule has 0 spiro atoms. The molecule has 0 aliphatic carbocycles. The molecule has 1 aliphatic rings. The second-order valence-electron chi connectivity index (χ2n) is 6.36. The lowest BCUT2D eigenvalue weighted by Crippen LogP contribution is -2.44. The molecular formula is C18H22N6O3. The van der Waals surface area contributed by atoms with Gasteiger partial charge >= 0.3 is 0 Å². The van der Waals surface area contributed by atoms with Gasteiger partial charge in [-0.25, -0.2) is 9.97 Å². The number of benzene rings is 1. The van der Waals surface area contributed by atoms with Gasteiger partial charge in [-0.15, -0.1) is 0 Å². The molecule has 2 N–H and O–H groups in total. The average molecular weight is 370 g/mol. The lowest BCUT2D eigenvalue weighted by molar-refractivity contribution is -0.384. The monoisotopic (exact) mass is 370 g/mol. The van der Waals surface area contributed by atoms with Gasteiger partial charge in [0, 0.05) is 56.4 Å². The number of nitro benzene ring substituents is 1. The van der Waals surface area contributed by atoms with E-state index >= 15 is 0 Å².